The van der Waals surface area contributed by atoms with Gasteiger partial charge in [-0.1, -0.05) is 23.2 Å². The van der Waals surface area contributed by atoms with Crippen molar-refractivity contribution in [3.05, 3.63) is 27.7 Å². The predicted molar refractivity (Wildman–Crippen MR) is 60.9 cm³/mol. The van der Waals surface area contributed by atoms with Crippen molar-refractivity contribution >= 4 is 28.9 Å². The van der Waals surface area contributed by atoms with Crippen molar-refractivity contribution in [2.45, 2.75) is 18.9 Å². The Morgan fingerprint density at radius 1 is 1.36 bits per heavy atom. The third-order valence-corrected chi connectivity index (χ3v) is 3.09. The highest BCUT2D eigenvalue weighted by atomic mass is 35.5. The van der Waals surface area contributed by atoms with E-state index in [2.05, 4.69) is 5.32 Å². The lowest BCUT2D eigenvalue weighted by atomic mass is 10.0. The minimum absolute atomic E-state index is 0.311. The monoisotopic (exact) mass is 230 g/mol. The van der Waals surface area contributed by atoms with Crippen molar-refractivity contribution in [1.29, 1.82) is 0 Å². The zero-order valence-corrected chi connectivity index (χ0v) is 9.20. The number of nitrogens with two attached hydrogens (primary N) is 1. The molecule has 14 heavy (non-hydrogen) atoms. The van der Waals surface area contributed by atoms with Gasteiger partial charge in [-0.25, -0.2) is 0 Å². The molecular formula is C10H12Cl2N2. The van der Waals surface area contributed by atoms with Gasteiger partial charge in [0, 0.05) is 11.1 Å². The summed E-state index contributed by atoms with van der Waals surface area (Å²) in [5.74, 6) is 0. The zero-order valence-electron chi connectivity index (χ0n) is 7.69. The Hall–Kier alpha value is -0.440. The lowest BCUT2D eigenvalue weighted by molar-refractivity contribution is 0.650. The first-order chi connectivity index (χ1) is 6.68. The van der Waals surface area contributed by atoms with E-state index in [-0.39, 0.29) is 0 Å². The van der Waals surface area contributed by atoms with Crippen molar-refractivity contribution in [1.82, 2.24) is 5.32 Å². The topological polar surface area (TPSA) is 38.0 Å². The molecule has 1 atom stereocenters. The molecule has 1 aliphatic rings. The van der Waals surface area contributed by atoms with Crippen LogP contribution in [-0.2, 0) is 0 Å². The highest BCUT2D eigenvalue weighted by Gasteiger charge is 2.19. The molecule has 0 saturated carbocycles. The molecule has 1 aromatic carbocycles. The summed E-state index contributed by atoms with van der Waals surface area (Å²) in [4.78, 5) is 0. The fraction of sp³-hybridized carbons (Fsp3) is 0.400. The van der Waals surface area contributed by atoms with E-state index >= 15 is 0 Å². The number of anilines is 1. The van der Waals surface area contributed by atoms with E-state index in [0.717, 1.165) is 18.5 Å². The van der Waals surface area contributed by atoms with Crippen LogP contribution in [0.15, 0.2) is 12.1 Å². The third-order valence-electron chi connectivity index (χ3n) is 2.56. The summed E-state index contributed by atoms with van der Waals surface area (Å²) in [5, 5.41) is 4.56. The summed E-state index contributed by atoms with van der Waals surface area (Å²) in [7, 11) is 0. The van der Waals surface area contributed by atoms with Gasteiger partial charge in [-0.2, -0.15) is 0 Å². The summed E-state index contributed by atoms with van der Waals surface area (Å²) in [6.07, 6.45) is 2.27. The Kier molecular flexibility index (Phi) is 2.86. The van der Waals surface area contributed by atoms with Gasteiger partial charge in [0.25, 0.3) is 0 Å². The Morgan fingerprint density at radius 2 is 2.14 bits per heavy atom. The second kappa shape index (κ2) is 3.97. The first-order valence-electron chi connectivity index (χ1n) is 4.66. The first-order valence-corrected chi connectivity index (χ1v) is 5.42. The molecule has 2 rings (SSSR count). The Balaban J connectivity index is 2.40. The van der Waals surface area contributed by atoms with E-state index in [1.54, 1.807) is 6.07 Å². The van der Waals surface area contributed by atoms with E-state index in [0.29, 0.717) is 21.8 Å². The maximum absolute atomic E-state index is 5.96. The average Bonchev–Trinajstić information content (AvgIpc) is 2.63. The van der Waals surface area contributed by atoms with Gasteiger partial charge in [-0.05, 0) is 37.1 Å². The molecule has 0 aliphatic carbocycles. The van der Waals surface area contributed by atoms with Gasteiger partial charge in [-0.3, -0.25) is 0 Å². The van der Waals surface area contributed by atoms with Crippen LogP contribution in [0.4, 0.5) is 5.69 Å². The molecule has 0 aromatic heterocycles. The van der Waals surface area contributed by atoms with Crippen LogP contribution >= 0.6 is 23.2 Å². The Bertz CT molecular complexity index is 346. The summed E-state index contributed by atoms with van der Waals surface area (Å²) < 4.78 is 0. The SMILES string of the molecule is Nc1c(Cl)cc(Cl)cc1[C@@H]1CCCN1. The lowest BCUT2D eigenvalue weighted by Gasteiger charge is -2.14. The van der Waals surface area contributed by atoms with Gasteiger partial charge in [0.1, 0.15) is 0 Å². The molecule has 0 amide bonds. The van der Waals surface area contributed by atoms with Gasteiger partial charge in [0.15, 0.2) is 0 Å². The molecule has 1 heterocycles. The fourth-order valence-electron chi connectivity index (χ4n) is 1.84. The van der Waals surface area contributed by atoms with Crippen LogP contribution in [0.25, 0.3) is 0 Å². The Labute approximate surface area is 93.4 Å². The number of nitrogens with one attached hydrogen (secondary N) is 1. The Morgan fingerprint density at radius 3 is 2.79 bits per heavy atom. The first kappa shape index (κ1) is 10.1. The molecule has 1 fully saturated rings. The quantitative estimate of drug-likeness (QED) is 0.729. The van der Waals surface area contributed by atoms with E-state index in [1.807, 2.05) is 6.07 Å². The molecular weight excluding hydrogens is 219 g/mol. The van der Waals surface area contributed by atoms with Gasteiger partial charge in [0.05, 0.1) is 10.7 Å². The standard InChI is InChI=1S/C10H12Cl2N2/c11-6-4-7(9-2-1-3-14-9)10(13)8(12)5-6/h4-5,9,14H,1-3,13H2/t9-/m0/s1. The molecule has 2 nitrogen and oxygen atoms in total. The van der Waals surface area contributed by atoms with Crippen molar-refractivity contribution < 1.29 is 0 Å². The van der Waals surface area contributed by atoms with Crippen LogP contribution in [0.3, 0.4) is 0 Å². The normalized spacial score (nSPS) is 21.4. The largest absolute Gasteiger partial charge is 0.397 e. The fourth-order valence-corrected chi connectivity index (χ4v) is 2.35. The molecule has 1 aliphatic heterocycles. The maximum Gasteiger partial charge on any atom is 0.0653 e. The summed E-state index contributed by atoms with van der Waals surface area (Å²) >= 11 is 11.9. The van der Waals surface area contributed by atoms with Crippen molar-refractivity contribution in [2.24, 2.45) is 0 Å². The average molecular weight is 231 g/mol. The summed E-state index contributed by atoms with van der Waals surface area (Å²) in [5.41, 5.74) is 7.58. The van der Waals surface area contributed by atoms with Crippen molar-refractivity contribution in [2.75, 3.05) is 12.3 Å². The van der Waals surface area contributed by atoms with Crippen molar-refractivity contribution in [3.8, 4) is 0 Å². The van der Waals surface area contributed by atoms with Crippen LogP contribution in [0.1, 0.15) is 24.4 Å². The molecule has 0 bridgehead atoms. The number of rotatable bonds is 1. The van der Waals surface area contributed by atoms with Crippen LogP contribution < -0.4 is 11.1 Å². The molecule has 0 radical (unpaired) electrons. The van der Waals surface area contributed by atoms with Gasteiger partial charge < -0.3 is 11.1 Å². The van der Waals surface area contributed by atoms with Gasteiger partial charge in [-0.15, -0.1) is 0 Å². The second-order valence-corrected chi connectivity index (χ2v) is 4.38. The summed E-state index contributed by atoms with van der Waals surface area (Å²) in [6.45, 7) is 1.04. The van der Waals surface area contributed by atoms with E-state index < -0.39 is 0 Å². The predicted octanol–water partition coefficient (Wildman–Crippen LogP) is 3.00. The van der Waals surface area contributed by atoms with Crippen LogP contribution in [0, 0.1) is 0 Å². The summed E-state index contributed by atoms with van der Waals surface area (Å²) in [6, 6.07) is 3.88. The van der Waals surface area contributed by atoms with E-state index in [4.69, 9.17) is 28.9 Å². The smallest absolute Gasteiger partial charge is 0.0653 e. The number of halogens is 2. The number of nitrogen functional groups attached to an aromatic ring is 1. The highest BCUT2D eigenvalue weighted by Crippen LogP contribution is 2.34. The van der Waals surface area contributed by atoms with Crippen molar-refractivity contribution in [3.63, 3.8) is 0 Å². The molecule has 76 valence electrons. The van der Waals surface area contributed by atoms with Crippen LogP contribution in [0.2, 0.25) is 10.0 Å². The van der Waals surface area contributed by atoms with E-state index in [1.165, 1.54) is 6.42 Å². The molecule has 0 spiro atoms. The minimum atomic E-state index is 0.311. The molecule has 4 heteroatoms. The molecule has 1 aromatic rings. The lowest BCUT2D eigenvalue weighted by Crippen LogP contribution is -2.14. The number of benzene rings is 1. The second-order valence-electron chi connectivity index (χ2n) is 3.54. The third kappa shape index (κ3) is 1.83. The molecule has 0 unspecified atom stereocenters. The van der Waals surface area contributed by atoms with Crippen LogP contribution in [-0.4, -0.2) is 6.54 Å². The van der Waals surface area contributed by atoms with Gasteiger partial charge >= 0.3 is 0 Å². The number of hydrogen-bond acceptors (Lipinski definition) is 2. The minimum Gasteiger partial charge on any atom is -0.397 e. The van der Waals surface area contributed by atoms with Crippen LogP contribution in [0.5, 0.6) is 0 Å². The zero-order chi connectivity index (χ0) is 10.1. The maximum atomic E-state index is 5.96. The highest BCUT2D eigenvalue weighted by molar-refractivity contribution is 6.36. The van der Waals surface area contributed by atoms with E-state index in [9.17, 15) is 0 Å². The molecule has 3 N–H and O–H groups in total. The van der Waals surface area contributed by atoms with Gasteiger partial charge in [0.2, 0.25) is 0 Å². The number of hydrogen-bond donors (Lipinski definition) is 2. The molecule has 1 saturated heterocycles.